The molecule has 0 saturated heterocycles. The quantitative estimate of drug-likeness (QED) is 0.321. The number of nitrogens with zero attached hydrogens (tertiary/aromatic N) is 7. The molecule has 1 unspecified atom stereocenters. The van der Waals surface area contributed by atoms with Gasteiger partial charge in [0.25, 0.3) is 0 Å². The number of benzene rings is 2. The molecule has 1 aromatic heterocycles. The third-order valence-corrected chi connectivity index (χ3v) is 4.09. The maximum atomic E-state index is 12.3. The Morgan fingerprint density at radius 1 is 1.23 bits per heavy atom. The summed E-state index contributed by atoms with van der Waals surface area (Å²) in [4.78, 5) is 18.0. The van der Waals surface area contributed by atoms with Crippen molar-refractivity contribution in [2.75, 3.05) is 0 Å². The molecular formula is C19H12F3N7O2. The van der Waals surface area contributed by atoms with Gasteiger partial charge in [-0.25, -0.2) is 9.67 Å². The number of hydrogen-bond acceptors (Lipinski definition) is 5. The Labute approximate surface area is 172 Å². The van der Waals surface area contributed by atoms with Gasteiger partial charge in [-0.2, -0.15) is 5.26 Å². The van der Waals surface area contributed by atoms with Crippen LogP contribution in [0, 0.1) is 11.3 Å². The van der Waals surface area contributed by atoms with Gasteiger partial charge in [-0.05, 0) is 40.5 Å². The molecule has 0 spiro atoms. The summed E-state index contributed by atoms with van der Waals surface area (Å²) >= 11 is 0. The van der Waals surface area contributed by atoms with Crippen LogP contribution in [0.3, 0.4) is 0 Å². The van der Waals surface area contributed by atoms with E-state index in [-0.39, 0.29) is 12.2 Å². The Morgan fingerprint density at radius 2 is 1.90 bits per heavy atom. The molecule has 0 aliphatic rings. The average molecular weight is 427 g/mol. The van der Waals surface area contributed by atoms with Crippen molar-refractivity contribution in [2.24, 2.45) is 5.11 Å². The van der Waals surface area contributed by atoms with E-state index in [4.69, 9.17) is 5.53 Å². The summed E-state index contributed by atoms with van der Waals surface area (Å²) in [6.07, 6.45) is -3.60. The molecule has 0 aliphatic heterocycles. The van der Waals surface area contributed by atoms with Crippen molar-refractivity contribution in [3.8, 4) is 28.9 Å². The van der Waals surface area contributed by atoms with E-state index >= 15 is 0 Å². The second-order valence-corrected chi connectivity index (χ2v) is 6.15. The monoisotopic (exact) mass is 427 g/mol. The number of carbonyl (C=O) groups is 1. The topological polar surface area (TPSA) is 130 Å². The molecule has 0 N–H and O–H groups in total. The van der Waals surface area contributed by atoms with Crippen molar-refractivity contribution in [1.29, 1.82) is 5.26 Å². The van der Waals surface area contributed by atoms with Gasteiger partial charge in [-0.15, -0.1) is 18.3 Å². The zero-order valence-electron chi connectivity index (χ0n) is 15.6. The Hall–Kier alpha value is -4.36. The molecule has 1 heterocycles. The fraction of sp³-hybridized carbons (Fsp3) is 0.158. The minimum Gasteiger partial charge on any atom is -0.406 e. The minimum atomic E-state index is -4.77. The van der Waals surface area contributed by atoms with Crippen LogP contribution >= 0.6 is 0 Å². The molecule has 12 heteroatoms. The lowest BCUT2D eigenvalue weighted by molar-refractivity contribution is -0.274. The third kappa shape index (κ3) is 5.59. The van der Waals surface area contributed by atoms with Gasteiger partial charge in [0.15, 0.2) is 5.82 Å². The van der Waals surface area contributed by atoms with Crippen LogP contribution in [0.15, 0.2) is 60.0 Å². The maximum absolute atomic E-state index is 12.3. The molecule has 3 rings (SSSR count). The molecule has 9 nitrogen and oxygen atoms in total. The lowest BCUT2D eigenvalue weighted by Crippen LogP contribution is -2.17. The molecule has 0 saturated carbocycles. The van der Waals surface area contributed by atoms with E-state index in [1.807, 2.05) is 6.07 Å². The number of alkyl halides is 3. The number of halogens is 3. The van der Waals surface area contributed by atoms with Crippen molar-refractivity contribution < 1.29 is 22.7 Å². The first kappa shape index (κ1) is 21.4. The average Bonchev–Trinajstić information content (AvgIpc) is 3.22. The summed E-state index contributed by atoms with van der Waals surface area (Å²) in [5.41, 5.74) is 9.95. The van der Waals surface area contributed by atoms with Gasteiger partial charge < -0.3 is 4.74 Å². The van der Waals surface area contributed by atoms with Gasteiger partial charge in [-0.1, -0.05) is 24.3 Å². The van der Waals surface area contributed by atoms with E-state index in [1.54, 1.807) is 24.3 Å². The fourth-order valence-electron chi connectivity index (χ4n) is 2.69. The molecule has 31 heavy (non-hydrogen) atoms. The lowest BCUT2D eigenvalue weighted by atomic mass is 9.96. The number of carbonyl (C=O) groups excluding carboxylic acids is 1. The summed E-state index contributed by atoms with van der Waals surface area (Å²) in [7, 11) is 0. The van der Waals surface area contributed by atoms with E-state index in [0.717, 1.165) is 0 Å². The van der Waals surface area contributed by atoms with Gasteiger partial charge in [0.05, 0.1) is 17.7 Å². The number of rotatable bonds is 6. The second-order valence-electron chi connectivity index (χ2n) is 6.15. The van der Waals surface area contributed by atoms with Crippen molar-refractivity contribution in [3.05, 3.63) is 70.9 Å². The molecule has 3 aromatic rings. The van der Waals surface area contributed by atoms with E-state index in [0.29, 0.717) is 22.6 Å². The van der Waals surface area contributed by atoms with Gasteiger partial charge in [0.2, 0.25) is 5.91 Å². The first-order chi connectivity index (χ1) is 14.8. The Morgan fingerprint density at radius 3 is 2.48 bits per heavy atom. The van der Waals surface area contributed by atoms with Crippen LogP contribution in [0.1, 0.15) is 17.9 Å². The van der Waals surface area contributed by atoms with E-state index in [9.17, 15) is 23.2 Å². The second kappa shape index (κ2) is 8.98. The van der Waals surface area contributed by atoms with Crippen LogP contribution in [-0.4, -0.2) is 27.0 Å². The molecule has 0 aliphatic carbocycles. The number of azide groups is 1. The first-order valence-electron chi connectivity index (χ1n) is 8.65. The normalized spacial score (nSPS) is 11.8. The highest BCUT2D eigenvalue weighted by molar-refractivity contribution is 5.78. The summed E-state index contributed by atoms with van der Waals surface area (Å²) in [6.45, 7) is 0. The summed E-state index contributed by atoms with van der Waals surface area (Å²) in [6, 6.07) is 13.7. The standard InChI is InChI=1S/C19H12F3N7O2/c20-19(21,22)31-16-7-5-15(6-8-16)29-11-25-18(27-29)13-3-1-12(2-4-13)14(10-23)9-17(30)26-28-24/h1-8,11,14H,9H2. The van der Waals surface area contributed by atoms with Crippen molar-refractivity contribution >= 4 is 5.91 Å². The zero-order chi connectivity index (χ0) is 22.4. The van der Waals surface area contributed by atoms with Gasteiger partial charge in [0.1, 0.15) is 12.1 Å². The third-order valence-electron chi connectivity index (χ3n) is 4.09. The van der Waals surface area contributed by atoms with Crippen molar-refractivity contribution in [3.63, 3.8) is 0 Å². The molecule has 0 radical (unpaired) electrons. The lowest BCUT2D eigenvalue weighted by Gasteiger charge is -2.09. The first-order valence-corrected chi connectivity index (χ1v) is 8.65. The minimum absolute atomic E-state index is 0.235. The Bertz CT molecular complexity index is 1160. The van der Waals surface area contributed by atoms with Gasteiger partial charge in [-0.3, -0.25) is 4.79 Å². The van der Waals surface area contributed by atoms with E-state index < -0.39 is 18.2 Å². The number of nitriles is 1. The van der Waals surface area contributed by atoms with Crippen LogP contribution < -0.4 is 4.74 Å². The van der Waals surface area contributed by atoms with Crippen LogP contribution in [0.5, 0.6) is 5.75 Å². The van der Waals surface area contributed by atoms with Crippen LogP contribution in [0.2, 0.25) is 0 Å². The number of ether oxygens (including phenoxy) is 1. The van der Waals surface area contributed by atoms with Gasteiger partial charge >= 0.3 is 6.36 Å². The molecule has 0 fully saturated rings. The highest BCUT2D eigenvalue weighted by Gasteiger charge is 2.31. The zero-order valence-corrected chi connectivity index (χ0v) is 15.6. The Balaban J connectivity index is 1.74. The van der Waals surface area contributed by atoms with Crippen LogP contribution in [0.25, 0.3) is 27.5 Å². The van der Waals surface area contributed by atoms with E-state index in [2.05, 4.69) is 24.8 Å². The smallest absolute Gasteiger partial charge is 0.406 e. The largest absolute Gasteiger partial charge is 0.573 e. The SMILES string of the molecule is N#CC(CC(=O)N=[N+]=[N-])c1ccc(-c2ncn(-c3ccc(OC(F)(F)F)cc3)n2)cc1. The van der Waals surface area contributed by atoms with E-state index in [1.165, 1.54) is 35.3 Å². The molecule has 2 aromatic carbocycles. The Kier molecular flexibility index (Phi) is 6.18. The maximum Gasteiger partial charge on any atom is 0.573 e. The summed E-state index contributed by atoms with van der Waals surface area (Å²) < 4.78 is 42.0. The molecule has 0 bridgehead atoms. The predicted molar refractivity (Wildman–Crippen MR) is 101 cm³/mol. The molecule has 1 amide bonds. The number of aromatic nitrogens is 3. The van der Waals surface area contributed by atoms with Crippen LogP contribution in [0.4, 0.5) is 13.2 Å². The number of hydrogen-bond donors (Lipinski definition) is 0. The summed E-state index contributed by atoms with van der Waals surface area (Å²) in [5.74, 6) is -1.50. The highest BCUT2D eigenvalue weighted by atomic mass is 19.4. The fourth-order valence-corrected chi connectivity index (χ4v) is 2.69. The molecule has 156 valence electrons. The van der Waals surface area contributed by atoms with Crippen molar-refractivity contribution in [2.45, 2.75) is 18.7 Å². The highest BCUT2D eigenvalue weighted by Crippen LogP contribution is 2.25. The van der Waals surface area contributed by atoms with Crippen molar-refractivity contribution in [1.82, 2.24) is 14.8 Å². The van der Waals surface area contributed by atoms with Gasteiger partial charge in [0, 0.05) is 16.9 Å². The molecule has 1 atom stereocenters. The predicted octanol–water partition coefficient (Wildman–Crippen LogP) is 4.67. The van der Waals surface area contributed by atoms with Crippen LogP contribution in [-0.2, 0) is 4.79 Å². The summed E-state index contributed by atoms with van der Waals surface area (Å²) in [5, 5.41) is 16.5. The number of amides is 1. The molecular weight excluding hydrogens is 415 g/mol.